The highest BCUT2D eigenvalue weighted by Crippen LogP contribution is 2.16. The first kappa shape index (κ1) is 11.6. The highest BCUT2D eigenvalue weighted by molar-refractivity contribution is 5.81. The molecular weight excluding hydrogens is 214 g/mol. The number of nitrogens with one attached hydrogen (secondary N) is 1. The van der Waals surface area contributed by atoms with Crippen LogP contribution in [0.25, 0.3) is 11.0 Å². The summed E-state index contributed by atoms with van der Waals surface area (Å²) >= 11 is 0. The molecule has 4 heteroatoms. The highest BCUT2D eigenvalue weighted by Gasteiger charge is 2.11. The van der Waals surface area contributed by atoms with Crippen molar-refractivity contribution in [2.45, 2.75) is 26.8 Å². The van der Waals surface area contributed by atoms with Crippen LogP contribution in [0.2, 0.25) is 0 Å². The number of amides is 1. The number of hydrogen-bond acceptors (Lipinski definition) is 2. The second-order valence-electron chi connectivity index (χ2n) is 3.91. The molecular formula is C13H17N3O. The normalized spacial score (nSPS) is 10.7. The molecule has 1 N–H and O–H groups in total. The van der Waals surface area contributed by atoms with Gasteiger partial charge in [0.25, 0.3) is 0 Å². The Morgan fingerprint density at radius 3 is 2.82 bits per heavy atom. The standard InChI is InChI=1S/C13H17N3O/c1-3-12-15-10-7-5-6-8-11(10)16(12)9-13(17)14-4-2/h5-8H,3-4,9H2,1-2H3,(H,14,17). The quantitative estimate of drug-likeness (QED) is 0.871. The summed E-state index contributed by atoms with van der Waals surface area (Å²) in [6, 6.07) is 7.91. The van der Waals surface area contributed by atoms with E-state index in [1.54, 1.807) is 0 Å². The van der Waals surface area contributed by atoms with Crippen molar-refractivity contribution >= 4 is 16.9 Å². The minimum atomic E-state index is 0.0327. The van der Waals surface area contributed by atoms with Crippen LogP contribution in [0.1, 0.15) is 19.7 Å². The lowest BCUT2D eigenvalue weighted by Crippen LogP contribution is -2.27. The number of aromatic nitrogens is 2. The van der Waals surface area contributed by atoms with Gasteiger partial charge < -0.3 is 9.88 Å². The second kappa shape index (κ2) is 4.99. The number of carbonyl (C=O) groups is 1. The molecule has 4 nitrogen and oxygen atoms in total. The number of benzene rings is 1. The zero-order chi connectivity index (χ0) is 12.3. The van der Waals surface area contributed by atoms with Gasteiger partial charge in [-0.3, -0.25) is 4.79 Å². The van der Waals surface area contributed by atoms with Crippen LogP contribution in [0.4, 0.5) is 0 Å². The van der Waals surface area contributed by atoms with Crippen LogP contribution >= 0.6 is 0 Å². The van der Waals surface area contributed by atoms with Crippen molar-refractivity contribution in [3.8, 4) is 0 Å². The third-order valence-electron chi connectivity index (χ3n) is 2.73. The molecule has 0 spiro atoms. The Balaban J connectivity index is 2.39. The molecule has 0 radical (unpaired) electrons. The van der Waals surface area contributed by atoms with E-state index in [9.17, 15) is 4.79 Å². The number of likely N-dealkylation sites (N-methyl/N-ethyl adjacent to an activating group) is 1. The molecule has 0 saturated carbocycles. The summed E-state index contributed by atoms with van der Waals surface area (Å²) in [6.07, 6.45) is 0.827. The maximum atomic E-state index is 11.7. The van der Waals surface area contributed by atoms with Crippen LogP contribution in [0.3, 0.4) is 0 Å². The first-order valence-electron chi connectivity index (χ1n) is 5.97. The molecule has 0 aliphatic carbocycles. The summed E-state index contributed by atoms with van der Waals surface area (Å²) in [7, 11) is 0. The van der Waals surface area contributed by atoms with E-state index in [1.807, 2.05) is 35.8 Å². The molecule has 1 aromatic carbocycles. The minimum absolute atomic E-state index is 0.0327. The van der Waals surface area contributed by atoms with Gasteiger partial charge in [0.1, 0.15) is 12.4 Å². The summed E-state index contributed by atoms with van der Waals surface area (Å²) < 4.78 is 1.99. The van der Waals surface area contributed by atoms with Gasteiger partial charge in [0.05, 0.1) is 11.0 Å². The van der Waals surface area contributed by atoms with Crippen molar-refractivity contribution in [2.24, 2.45) is 0 Å². The van der Waals surface area contributed by atoms with Crippen LogP contribution in [-0.2, 0) is 17.8 Å². The van der Waals surface area contributed by atoms with E-state index >= 15 is 0 Å². The third kappa shape index (κ3) is 2.30. The number of nitrogens with zero attached hydrogens (tertiary/aromatic N) is 2. The predicted molar refractivity (Wildman–Crippen MR) is 67.8 cm³/mol. The maximum absolute atomic E-state index is 11.7. The Morgan fingerprint density at radius 2 is 2.12 bits per heavy atom. The Bertz CT molecular complexity index is 530. The van der Waals surface area contributed by atoms with Gasteiger partial charge in [0, 0.05) is 13.0 Å². The van der Waals surface area contributed by atoms with Crippen molar-refractivity contribution in [1.82, 2.24) is 14.9 Å². The Morgan fingerprint density at radius 1 is 1.35 bits per heavy atom. The topological polar surface area (TPSA) is 46.9 Å². The predicted octanol–water partition coefficient (Wildman–Crippen LogP) is 1.73. The molecule has 90 valence electrons. The van der Waals surface area contributed by atoms with Crippen molar-refractivity contribution < 1.29 is 4.79 Å². The molecule has 0 saturated heterocycles. The fraction of sp³-hybridized carbons (Fsp3) is 0.385. The fourth-order valence-electron chi connectivity index (χ4n) is 1.97. The zero-order valence-electron chi connectivity index (χ0n) is 10.2. The van der Waals surface area contributed by atoms with Crippen LogP contribution in [0.15, 0.2) is 24.3 Å². The number of carbonyl (C=O) groups excluding carboxylic acids is 1. The average Bonchev–Trinajstić information content (AvgIpc) is 2.68. The van der Waals surface area contributed by atoms with Crippen molar-refractivity contribution in [1.29, 1.82) is 0 Å². The smallest absolute Gasteiger partial charge is 0.239 e. The lowest BCUT2D eigenvalue weighted by Gasteiger charge is -2.07. The first-order valence-corrected chi connectivity index (χ1v) is 5.97. The number of fused-ring (bicyclic) bond motifs is 1. The summed E-state index contributed by atoms with van der Waals surface area (Å²) in [4.78, 5) is 16.2. The van der Waals surface area contributed by atoms with Crippen molar-refractivity contribution in [3.05, 3.63) is 30.1 Å². The van der Waals surface area contributed by atoms with Gasteiger partial charge in [0.2, 0.25) is 5.91 Å². The van der Waals surface area contributed by atoms with Crippen LogP contribution in [0.5, 0.6) is 0 Å². The molecule has 0 aliphatic heterocycles. The summed E-state index contributed by atoms with van der Waals surface area (Å²) in [6.45, 7) is 4.98. The SMILES string of the molecule is CCNC(=O)Cn1c(CC)nc2ccccc21. The van der Waals surface area contributed by atoms with E-state index in [0.717, 1.165) is 23.3 Å². The number of rotatable bonds is 4. The van der Waals surface area contributed by atoms with Crippen LogP contribution in [-0.4, -0.2) is 22.0 Å². The average molecular weight is 231 g/mol. The molecule has 1 aromatic heterocycles. The van der Waals surface area contributed by atoms with E-state index in [4.69, 9.17) is 0 Å². The number of imidazole rings is 1. The van der Waals surface area contributed by atoms with E-state index in [1.165, 1.54) is 0 Å². The van der Waals surface area contributed by atoms with Gasteiger partial charge in [0.15, 0.2) is 0 Å². The molecule has 0 aliphatic rings. The van der Waals surface area contributed by atoms with Crippen molar-refractivity contribution in [2.75, 3.05) is 6.54 Å². The van der Waals surface area contributed by atoms with E-state index in [0.29, 0.717) is 13.1 Å². The first-order chi connectivity index (χ1) is 8.26. The molecule has 1 amide bonds. The fourth-order valence-corrected chi connectivity index (χ4v) is 1.97. The molecule has 0 fully saturated rings. The summed E-state index contributed by atoms with van der Waals surface area (Å²) in [5.41, 5.74) is 1.98. The third-order valence-corrected chi connectivity index (χ3v) is 2.73. The van der Waals surface area contributed by atoms with Crippen molar-refractivity contribution in [3.63, 3.8) is 0 Å². The largest absolute Gasteiger partial charge is 0.355 e. The van der Waals surface area contributed by atoms with Gasteiger partial charge in [-0.25, -0.2) is 4.98 Å². The van der Waals surface area contributed by atoms with Gasteiger partial charge >= 0.3 is 0 Å². The van der Waals surface area contributed by atoms with Crippen LogP contribution in [0, 0.1) is 0 Å². The summed E-state index contributed by atoms with van der Waals surface area (Å²) in [5.74, 6) is 0.989. The molecule has 2 rings (SSSR count). The molecule has 17 heavy (non-hydrogen) atoms. The van der Waals surface area contributed by atoms with Gasteiger partial charge in [-0.1, -0.05) is 19.1 Å². The minimum Gasteiger partial charge on any atom is -0.355 e. The Kier molecular flexibility index (Phi) is 3.42. The van der Waals surface area contributed by atoms with E-state index < -0.39 is 0 Å². The maximum Gasteiger partial charge on any atom is 0.239 e. The Labute approximate surface area is 101 Å². The highest BCUT2D eigenvalue weighted by atomic mass is 16.1. The van der Waals surface area contributed by atoms with E-state index in [2.05, 4.69) is 17.2 Å². The molecule has 2 aromatic rings. The summed E-state index contributed by atoms with van der Waals surface area (Å²) in [5, 5.41) is 2.81. The number of hydrogen-bond donors (Lipinski definition) is 1. The number of para-hydroxylation sites is 2. The molecule has 0 atom stereocenters. The Hall–Kier alpha value is -1.84. The van der Waals surface area contributed by atoms with Crippen LogP contribution < -0.4 is 5.32 Å². The van der Waals surface area contributed by atoms with Gasteiger partial charge in [-0.05, 0) is 19.1 Å². The monoisotopic (exact) mass is 231 g/mol. The molecule has 1 heterocycles. The second-order valence-corrected chi connectivity index (χ2v) is 3.91. The van der Waals surface area contributed by atoms with Gasteiger partial charge in [-0.15, -0.1) is 0 Å². The lowest BCUT2D eigenvalue weighted by molar-refractivity contribution is -0.121. The van der Waals surface area contributed by atoms with Gasteiger partial charge in [-0.2, -0.15) is 0 Å². The number of aryl methyl sites for hydroxylation is 1. The lowest BCUT2D eigenvalue weighted by atomic mass is 10.3. The molecule has 0 unspecified atom stereocenters. The zero-order valence-corrected chi connectivity index (χ0v) is 10.2. The van der Waals surface area contributed by atoms with E-state index in [-0.39, 0.29) is 5.91 Å². The molecule has 0 bridgehead atoms.